The highest BCUT2D eigenvalue weighted by atomic mass is 16.6. The topological polar surface area (TPSA) is 93.5 Å². The van der Waals surface area contributed by atoms with Gasteiger partial charge in [0, 0.05) is 25.8 Å². The second-order valence-corrected chi connectivity index (χ2v) is 4.46. The Morgan fingerprint density at radius 1 is 1.43 bits per heavy atom. The van der Waals surface area contributed by atoms with Crippen LogP contribution in [0.1, 0.15) is 31.1 Å². The predicted octanol–water partition coefficient (Wildman–Crippen LogP) is 2.18. The van der Waals surface area contributed by atoms with Gasteiger partial charge in [-0.3, -0.25) is 14.9 Å². The molecule has 21 heavy (non-hydrogen) atoms. The Morgan fingerprint density at radius 3 is 2.71 bits per heavy atom. The van der Waals surface area contributed by atoms with Gasteiger partial charge in [-0.15, -0.1) is 0 Å². The average molecular weight is 295 g/mol. The van der Waals surface area contributed by atoms with Gasteiger partial charge in [0.05, 0.1) is 16.6 Å². The summed E-state index contributed by atoms with van der Waals surface area (Å²) in [7, 11) is 0. The third-order valence-electron chi connectivity index (χ3n) is 2.84. The van der Waals surface area contributed by atoms with Gasteiger partial charge in [0.2, 0.25) is 0 Å². The first kappa shape index (κ1) is 16.9. The maximum Gasteiger partial charge on any atom is 0.293 e. The number of ether oxygens (including phenoxy) is 1. The van der Waals surface area contributed by atoms with Gasteiger partial charge in [0.25, 0.3) is 11.6 Å². The van der Waals surface area contributed by atoms with Crippen molar-refractivity contribution in [1.82, 2.24) is 5.32 Å². The summed E-state index contributed by atoms with van der Waals surface area (Å²) in [6.45, 7) is 6.94. The molecule has 0 radical (unpaired) electrons. The first-order chi connectivity index (χ1) is 10.0. The summed E-state index contributed by atoms with van der Waals surface area (Å²) in [4.78, 5) is 22.7. The monoisotopic (exact) mass is 295 g/mol. The van der Waals surface area contributed by atoms with Gasteiger partial charge in [-0.25, -0.2) is 0 Å². The van der Waals surface area contributed by atoms with E-state index in [2.05, 4.69) is 10.6 Å². The third-order valence-corrected chi connectivity index (χ3v) is 2.84. The quantitative estimate of drug-likeness (QED) is 0.566. The van der Waals surface area contributed by atoms with Gasteiger partial charge < -0.3 is 15.4 Å². The van der Waals surface area contributed by atoms with Crippen LogP contribution in [0.5, 0.6) is 0 Å². The normalized spacial score (nSPS) is 11.8. The number of carbonyl (C=O) groups is 1. The maximum atomic E-state index is 12.2. The Morgan fingerprint density at radius 2 is 2.14 bits per heavy atom. The van der Waals surface area contributed by atoms with Crippen LogP contribution in [0, 0.1) is 10.1 Å². The molecule has 1 amide bonds. The lowest BCUT2D eigenvalue weighted by atomic mass is 10.1. The molecule has 1 aromatic carbocycles. The predicted molar refractivity (Wildman–Crippen MR) is 80.7 cm³/mol. The Balaban J connectivity index is 2.92. The second-order valence-electron chi connectivity index (χ2n) is 4.46. The Labute approximate surface area is 123 Å². The standard InChI is InChI=1S/C14H21N3O4/c1-4-15-13-11(7-6-8-12(13)17(19)20)14(18)16-9-10(3)21-5-2/h6-8,10,15H,4-5,9H2,1-3H3,(H,16,18). The largest absolute Gasteiger partial charge is 0.379 e. The first-order valence-electron chi connectivity index (χ1n) is 6.92. The fourth-order valence-corrected chi connectivity index (χ4v) is 1.92. The summed E-state index contributed by atoms with van der Waals surface area (Å²) >= 11 is 0. The molecule has 0 bridgehead atoms. The molecular formula is C14H21N3O4. The van der Waals surface area contributed by atoms with Crippen LogP contribution >= 0.6 is 0 Å². The SMILES string of the molecule is CCNc1c(C(=O)NCC(C)OCC)cccc1[N+](=O)[O-]. The van der Waals surface area contributed by atoms with Gasteiger partial charge in [0.1, 0.15) is 5.69 Å². The van der Waals surface area contributed by atoms with Crippen LogP contribution in [0.3, 0.4) is 0 Å². The van der Waals surface area contributed by atoms with Crippen molar-refractivity contribution in [3.63, 3.8) is 0 Å². The van der Waals surface area contributed by atoms with Crippen LogP contribution in [-0.4, -0.2) is 36.6 Å². The van der Waals surface area contributed by atoms with Crippen LogP contribution in [0.25, 0.3) is 0 Å². The van der Waals surface area contributed by atoms with E-state index in [0.29, 0.717) is 19.7 Å². The average Bonchev–Trinajstić information content (AvgIpc) is 2.45. The van der Waals surface area contributed by atoms with Crippen molar-refractivity contribution in [2.45, 2.75) is 26.9 Å². The maximum absolute atomic E-state index is 12.2. The van der Waals surface area contributed by atoms with Crippen LogP contribution in [0.4, 0.5) is 11.4 Å². The number of carbonyl (C=O) groups excluding carboxylic acids is 1. The molecule has 0 aliphatic carbocycles. The number of para-hydroxylation sites is 1. The summed E-state index contributed by atoms with van der Waals surface area (Å²) in [6, 6.07) is 4.43. The zero-order chi connectivity index (χ0) is 15.8. The number of nitrogens with zero attached hydrogens (tertiary/aromatic N) is 1. The van der Waals surface area contributed by atoms with Gasteiger partial charge in [-0.05, 0) is 26.8 Å². The molecule has 2 N–H and O–H groups in total. The summed E-state index contributed by atoms with van der Waals surface area (Å²) in [5.41, 5.74) is 0.392. The van der Waals surface area contributed by atoms with Crippen molar-refractivity contribution in [3.05, 3.63) is 33.9 Å². The number of nitro benzene ring substituents is 1. The molecule has 116 valence electrons. The zero-order valence-electron chi connectivity index (χ0n) is 12.5. The number of nitro groups is 1. The van der Waals surface area contributed by atoms with Gasteiger partial charge in [-0.2, -0.15) is 0 Å². The molecule has 0 spiro atoms. The van der Waals surface area contributed by atoms with E-state index in [1.807, 2.05) is 20.8 Å². The molecule has 0 saturated carbocycles. The van der Waals surface area contributed by atoms with Crippen molar-refractivity contribution in [2.75, 3.05) is 25.0 Å². The van der Waals surface area contributed by atoms with E-state index in [0.717, 1.165) is 0 Å². The zero-order valence-corrected chi connectivity index (χ0v) is 12.5. The smallest absolute Gasteiger partial charge is 0.293 e. The summed E-state index contributed by atoms with van der Waals surface area (Å²) in [5.74, 6) is -0.360. The lowest BCUT2D eigenvalue weighted by molar-refractivity contribution is -0.384. The highest BCUT2D eigenvalue weighted by Crippen LogP contribution is 2.28. The van der Waals surface area contributed by atoms with Crippen LogP contribution < -0.4 is 10.6 Å². The molecule has 0 fully saturated rings. The number of rotatable bonds is 8. The van der Waals surface area contributed by atoms with Crippen molar-refractivity contribution in [2.24, 2.45) is 0 Å². The van der Waals surface area contributed by atoms with Crippen molar-refractivity contribution in [3.8, 4) is 0 Å². The molecule has 7 nitrogen and oxygen atoms in total. The highest BCUT2D eigenvalue weighted by Gasteiger charge is 2.21. The van der Waals surface area contributed by atoms with E-state index < -0.39 is 4.92 Å². The molecular weight excluding hydrogens is 274 g/mol. The lowest BCUT2D eigenvalue weighted by Crippen LogP contribution is -2.32. The summed E-state index contributed by atoms with van der Waals surface area (Å²) in [6.07, 6.45) is -0.111. The third kappa shape index (κ3) is 4.71. The number of amides is 1. The number of benzene rings is 1. The molecule has 0 heterocycles. The second kappa shape index (κ2) is 8.21. The Bertz CT molecular complexity index is 505. The van der Waals surface area contributed by atoms with E-state index in [9.17, 15) is 14.9 Å². The molecule has 1 unspecified atom stereocenters. The number of anilines is 1. The van der Waals surface area contributed by atoms with E-state index >= 15 is 0 Å². The van der Waals surface area contributed by atoms with Crippen molar-refractivity contribution < 1.29 is 14.5 Å². The van der Waals surface area contributed by atoms with Crippen LogP contribution in [0.2, 0.25) is 0 Å². The van der Waals surface area contributed by atoms with Crippen LogP contribution in [0.15, 0.2) is 18.2 Å². The van der Waals surface area contributed by atoms with E-state index in [4.69, 9.17) is 4.74 Å². The van der Waals surface area contributed by atoms with E-state index in [-0.39, 0.29) is 28.9 Å². The number of hydrogen-bond acceptors (Lipinski definition) is 5. The van der Waals surface area contributed by atoms with Gasteiger partial charge in [0.15, 0.2) is 0 Å². The van der Waals surface area contributed by atoms with Gasteiger partial charge in [-0.1, -0.05) is 6.07 Å². The minimum absolute atomic E-state index is 0.109. The molecule has 0 aromatic heterocycles. The minimum Gasteiger partial charge on any atom is -0.379 e. The van der Waals surface area contributed by atoms with Crippen molar-refractivity contribution in [1.29, 1.82) is 0 Å². The molecule has 1 aromatic rings. The summed E-state index contributed by atoms with van der Waals surface area (Å²) in [5, 5.41) is 16.6. The first-order valence-corrected chi connectivity index (χ1v) is 6.92. The fraction of sp³-hybridized carbons (Fsp3) is 0.500. The molecule has 0 aliphatic rings. The summed E-state index contributed by atoms with van der Waals surface area (Å²) < 4.78 is 5.33. The Kier molecular flexibility index (Phi) is 6.61. The highest BCUT2D eigenvalue weighted by molar-refractivity contribution is 6.01. The van der Waals surface area contributed by atoms with Crippen molar-refractivity contribution >= 4 is 17.3 Å². The van der Waals surface area contributed by atoms with E-state index in [1.54, 1.807) is 6.07 Å². The van der Waals surface area contributed by atoms with Gasteiger partial charge >= 0.3 is 0 Å². The molecule has 1 rings (SSSR count). The Hall–Kier alpha value is -2.15. The lowest BCUT2D eigenvalue weighted by Gasteiger charge is -2.14. The fourth-order valence-electron chi connectivity index (χ4n) is 1.92. The number of nitrogens with one attached hydrogen (secondary N) is 2. The molecule has 0 saturated heterocycles. The number of hydrogen-bond donors (Lipinski definition) is 2. The van der Waals surface area contributed by atoms with Crippen LogP contribution in [-0.2, 0) is 4.74 Å². The minimum atomic E-state index is -0.502. The molecule has 7 heteroatoms. The molecule has 0 aliphatic heterocycles. The molecule has 1 atom stereocenters. The van der Waals surface area contributed by atoms with E-state index in [1.165, 1.54) is 12.1 Å².